The van der Waals surface area contributed by atoms with E-state index in [-0.39, 0.29) is 5.92 Å². The topological polar surface area (TPSA) is 32.8 Å². The smallest absolute Gasteiger partial charge is 0.228 e. The molecule has 24 heavy (non-hydrogen) atoms. The molecule has 1 aliphatic heterocycles. The minimum absolute atomic E-state index is 0.184. The van der Waals surface area contributed by atoms with Gasteiger partial charge >= 0.3 is 0 Å². The second kappa shape index (κ2) is 9.07. The molecule has 0 aliphatic carbocycles. The van der Waals surface area contributed by atoms with Crippen LogP contribution in [0.2, 0.25) is 0 Å². The van der Waals surface area contributed by atoms with Crippen LogP contribution in [0.25, 0.3) is 0 Å². The average Bonchev–Trinajstić information content (AvgIpc) is 2.52. The van der Waals surface area contributed by atoms with Gasteiger partial charge in [0.25, 0.3) is 0 Å². The molecule has 1 saturated heterocycles. The number of hydrogen-bond donors (Lipinski definition) is 0. The molecule has 0 N–H and O–H groups in total. The Morgan fingerprint density at radius 3 is 2.38 bits per heavy atom. The summed E-state index contributed by atoms with van der Waals surface area (Å²) in [5, 5.41) is 0. The summed E-state index contributed by atoms with van der Waals surface area (Å²) in [6, 6.07) is 8.36. The highest BCUT2D eigenvalue weighted by Crippen LogP contribution is 2.22. The third-order valence-corrected chi connectivity index (χ3v) is 4.67. The van der Waals surface area contributed by atoms with Crippen LogP contribution in [0.3, 0.4) is 0 Å². The molecule has 0 saturated carbocycles. The minimum Gasteiger partial charge on any atom is -0.494 e. The molecule has 1 aliphatic rings. The van der Waals surface area contributed by atoms with Crippen LogP contribution in [0.1, 0.15) is 39.7 Å². The normalized spacial score (nSPS) is 15.4. The van der Waals surface area contributed by atoms with Crippen LogP contribution >= 0.6 is 0 Å². The van der Waals surface area contributed by atoms with Gasteiger partial charge in [-0.05, 0) is 43.9 Å². The van der Waals surface area contributed by atoms with Gasteiger partial charge in [0.2, 0.25) is 5.91 Å². The Kier molecular flexibility index (Phi) is 7.10. The van der Waals surface area contributed by atoms with Crippen molar-refractivity contribution in [1.82, 2.24) is 9.80 Å². The molecular formula is C20H32N2O2. The van der Waals surface area contributed by atoms with Crippen LogP contribution in [0.15, 0.2) is 24.3 Å². The fourth-order valence-electron chi connectivity index (χ4n) is 3.01. The van der Waals surface area contributed by atoms with Gasteiger partial charge in [-0.25, -0.2) is 0 Å². The maximum Gasteiger partial charge on any atom is 0.228 e. The van der Waals surface area contributed by atoms with Crippen molar-refractivity contribution < 1.29 is 9.53 Å². The number of hydrogen-bond acceptors (Lipinski definition) is 3. The second-order valence-corrected chi connectivity index (χ2v) is 7.08. The van der Waals surface area contributed by atoms with Gasteiger partial charge in [0.15, 0.2) is 0 Å². The van der Waals surface area contributed by atoms with Crippen LogP contribution in [-0.4, -0.2) is 48.5 Å². The largest absolute Gasteiger partial charge is 0.494 e. The van der Waals surface area contributed by atoms with Gasteiger partial charge < -0.3 is 9.64 Å². The molecule has 0 radical (unpaired) electrons. The van der Waals surface area contributed by atoms with E-state index in [1.54, 1.807) is 0 Å². The van der Waals surface area contributed by atoms with Gasteiger partial charge in [0, 0.05) is 32.7 Å². The molecule has 1 heterocycles. The summed E-state index contributed by atoms with van der Waals surface area (Å²) in [5.41, 5.74) is 1.28. The van der Waals surface area contributed by atoms with E-state index in [1.807, 2.05) is 30.9 Å². The molecule has 0 aromatic heterocycles. The van der Waals surface area contributed by atoms with Crippen LogP contribution in [0.5, 0.6) is 5.75 Å². The van der Waals surface area contributed by atoms with E-state index in [0.717, 1.165) is 51.5 Å². The Hall–Kier alpha value is -1.55. The SMILES string of the molecule is CCN(CC)C(=O)C1CN(Cc2ccc(OCCC(C)C)cc2)C1. The first-order valence-electron chi connectivity index (χ1n) is 9.26. The lowest BCUT2D eigenvalue weighted by atomic mass is 9.97. The first-order valence-corrected chi connectivity index (χ1v) is 9.26. The molecule has 1 fully saturated rings. The van der Waals surface area contributed by atoms with E-state index >= 15 is 0 Å². The van der Waals surface area contributed by atoms with Gasteiger partial charge in [-0.3, -0.25) is 9.69 Å². The highest BCUT2D eigenvalue weighted by molar-refractivity contribution is 5.80. The number of rotatable bonds is 9. The second-order valence-electron chi connectivity index (χ2n) is 7.08. The van der Waals surface area contributed by atoms with E-state index < -0.39 is 0 Å². The summed E-state index contributed by atoms with van der Waals surface area (Å²) in [6.45, 7) is 13.6. The highest BCUT2D eigenvalue weighted by Gasteiger charge is 2.34. The summed E-state index contributed by atoms with van der Waals surface area (Å²) in [5.74, 6) is 2.11. The van der Waals surface area contributed by atoms with Gasteiger partial charge in [0.05, 0.1) is 12.5 Å². The molecule has 0 unspecified atom stereocenters. The third-order valence-electron chi connectivity index (χ3n) is 4.67. The Balaban J connectivity index is 1.73. The minimum atomic E-state index is 0.184. The van der Waals surface area contributed by atoms with E-state index in [9.17, 15) is 4.79 Å². The average molecular weight is 332 g/mol. The van der Waals surface area contributed by atoms with Crippen LogP contribution in [-0.2, 0) is 11.3 Å². The van der Waals surface area contributed by atoms with E-state index in [4.69, 9.17) is 4.74 Å². The van der Waals surface area contributed by atoms with E-state index in [2.05, 4.69) is 30.9 Å². The Morgan fingerprint density at radius 2 is 1.83 bits per heavy atom. The zero-order valence-corrected chi connectivity index (χ0v) is 15.6. The Morgan fingerprint density at radius 1 is 1.21 bits per heavy atom. The molecule has 134 valence electrons. The molecule has 1 aromatic carbocycles. The van der Waals surface area contributed by atoms with Crippen molar-refractivity contribution in [1.29, 1.82) is 0 Å². The standard InChI is InChI=1S/C20H32N2O2/c1-5-22(6-2)20(23)18-14-21(15-18)13-17-7-9-19(10-8-17)24-12-11-16(3)4/h7-10,16,18H,5-6,11-15H2,1-4H3. The predicted molar refractivity (Wildman–Crippen MR) is 98.1 cm³/mol. The Bertz CT molecular complexity index is 503. The van der Waals surface area contributed by atoms with Crippen molar-refractivity contribution in [3.05, 3.63) is 29.8 Å². The summed E-state index contributed by atoms with van der Waals surface area (Å²) >= 11 is 0. The Labute approximate surface area is 146 Å². The number of amides is 1. The van der Waals surface area contributed by atoms with Crippen LogP contribution in [0, 0.1) is 11.8 Å². The van der Waals surface area contributed by atoms with Crippen LogP contribution < -0.4 is 4.74 Å². The third kappa shape index (κ3) is 5.23. The van der Waals surface area contributed by atoms with Gasteiger partial charge in [-0.1, -0.05) is 26.0 Å². The van der Waals surface area contributed by atoms with Crippen molar-refractivity contribution >= 4 is 5.91 Å². The lowest BCUT2D eigenvalue weighted by Gasteiger charge is -2.40. The quantitative estimate of drug-likeness (QED) is 0.695. The maximum atomic E-state index is 12.3. The van der Waals surface area contributed by atoms with Gasteiger partial charge in [0.1, 0.15) is 5.75 Å². The van der Waals surface area contributed by atoms with Crippen molar-refractivity contribution in [2.24, 2.45) is 11.8 Å². The monoisotopic (exact) mass is 332 g/mol. The predicted octanol–water partition coefficient (Wildman–Crippen LogP) is 3.41. The number of likely N-dealkylation sites (tertiary alicyclic amines) is 1. The zero-order valence-electron chi connectivity index (χ0n) is 15.6. The number of ether oxygens (including phenoxy) is 1. The molecule has 1 amide bonds. The molecule has 0 atom stereocenters. The molecular weight excluding hydrogens is 300 g/mol. The summed E-state index contributed by atoms with van der Waals surface area (Å²) in [7, 11) is 0. The molecule has 1 aromatic rings. The van der Waals surface area contributed by atoms with E-state index in [0.29, 0.717) is 11.8 Å². The molecule has 0 bridgehead atoms. The summed E-state index contributed by atoms with van der Waals surface area (Å²) in [6.07, 6.45) is 1.08. The number of carbonyl (C=O) groups is 1. The first-order chi connectivity index (χ1) is 11.5. The van der Waals surface area contributed by atoms with Gasteiger partial charge in [-0.2, -0.15) is 0 Å². The lowest BCUT2D eigenvalue weighted by molar-refractivity contribution is -0.140. The number of benzene rings is 1. The number of carbonyl (C=O) groups excluding carboxylic acids is 1. The zero-order chi connectivity index (χ0) is 17.5. The van der Waals surface area contributed by atoms with E-state index in [1.165, 1.54) is 5.56 Å². The maximum absolute atomic E-state index is 12.3. The van der Waals surface area contributed by atoms with Crippen LogP contribution in [0.4, 0.5) is 0 Å². The highest BCUT2D eigenvalue weighted by atomic mass is 16.5. The summed E-state index contributed by atoms with van der Waals surface area (Å²) < 4.78 is 5.75. The molecule has 4 nitrogen and oxygen atoms in total. The van der Waals surface area contributed by atoms with Crippen molar-refractivity contribution in [3.63, 3.8) is 0 Å². The van der Waals surface area contributed by atoms with Crippen molar-refractivity contribution in [2.75, 3.05) is 32.8 Å². The van der Waals surface area contributed by atoms with Gasteiger partial charge in [-0.15, -0.1) is 0 Å². The lowest BCUT2D eigenvalue weighted by Crippen LogP contribution is -2.53. The molecule has 0 spiro atoms. The molecule has 2 rings (SSSR count). The summed E-state index contributed by atoms with van der Waals surface area (Å²) in [4.78, 5) is 16.5. The fraction of sp³-hybridized carbons (Fsp3) is 0.650. The number of nitrogens with zero attached hydrogens (tertiary/aromatic N) is 2. The van der Waals surface area contributed by atoms with Crippen molar-refractivity contribution in [3.8, 4) is 5.75 Å². The van der Waals surface area contributed by atoms with Crippen molar-refractivity contribution in [2.45, 2.75) is 40.7 Å². The fourth-order valence-corrected chi connectivity index (χ4v) is 3.01. The molecule has 4 heteroatoms. The first kappa shape index (κ1) is 18.8.